The number of nitrogens with zero attached hydrogens (tertiary/aromatic N) is 2. The minimum Gasteiger partial charge on any atom is -0.381 e. The third-order valence-corrected chi connectivity index (χ3v) is 4.55. The first-order chi connectivity index (χ1) is 11.1. The molecule has 6 heteroatoms. The van der Waals surface area contributed by atoms with E-state index in [9.17, 15) is 4.79 Å². The zero-order chi connectivity index (χ0) is 16.8. The van der Waals surface area contributed by atoms with E-state index in [1.54, 1.807) is 7.11 Å². The fourth-order valence-corrected chi connectivity index (χ4v) is 3.30. The molecule has 1 amide bonds. The Labute approximate surface area is 151 Å². The summed E-state index contributed by atoms with van der Waals surface area (Å²) in [7, 11) is 1.74. The van der Waals surface area contributed by atoms with Crippen LogP contribution in [-0.2, 0) is 9.53 Å². The summed E-state index contributed by atoms with van der Waals surface area (Å²) in [4.78, 5) is 17.0. The van der Waals surface area contributed by atoms with E-state index in [1.165, 1.54) is 0 Å². The van der Waals surface area contributed by atoms with Gasteiger partial charge in [0.1, 0.15) is 0 Å². The number of halogens is 1. The summed E-state index contributed by atoms with van der Waals surface area (Å²) < 4.78 is 5.45. The van der Waals surface area contributed by atoms with Crippen LogP contribution in [0.3, 0.4) is 0 Å². The van der Waals surface area contributed by atoms with Crippen LogP contribution >= 0.6 is 12.4 Å². The quantitative estimate of drug-likeness (QED) is 0.850. The van der Waals surface area contributed by atoms with Crippen LogP contribution in [0, 0.1) is 0 Å². The van der Waals surface area contributed by atoms with Crippen molar-refractivity contribution in [3.63, 3.8) is 0 Å². The van der Waals surface area contributed by atoms with Gasteiger partial charge in [0.2, 0.25) is 5.91 Å². The molecule has 0 bridgehead atoms. The van der Waals surface area contributed by atoms with Gasteiger partial charge in [0.15, 0.2) is 0 Å². The Hall–Kier alpha value is -1.14. The van der Waals surface area contributed by atoms with Gasteiger partial charge in [-0.1, -0.05) is 18.2 Å². The standard InChI is InChI=1S/C18H29N3O2.ClH/c1-14(2)21(15-7-5-4-6-8-15)18(22)13-20-10-9-17(23-3)11-16(20)12-19;/h4-8,14,16-17H,9-13,19H2,1-3H3;1H. The first-order valence-corrected chi connectivity index (χ1v) is 8.40. The molecule has 1 fully saturated rings. The number of benzene rings is 1. The van der Waals surface area contributed by atoms with E-state index in [2.05, 4.69) is 4.90 Å². The van der Waals surface area contributed by atoms with Gasteiger partial charge in [-0.05, 0) is 38.8 Å². The minimum absolute atomic E-state index is 0. The molecule has 1 aliphatic rings. The highest BCUT2D eigenvalue weighted by Gasteiger charge is 2.30. The van der Waals surface area contributed by atoms with Gasteiger partial charge in [0.05, 0.1) is 12.6 Å². The fraction of sp³-hybridized carbons (Fsp3) is 0.611. The van der Waals surface area contributed by atoms with Crippen molar-refractivity contribution in [2.45, 2.75) is 44.9 Å². The predicted molar refractivity (Wildman–Crippen MR) is 101 cm³/mol. The summed E-state index contributed by atoms with van der Waals surface area (Å²) >= 11 is 0. The van der Waals surface area contributed by atoms with Crippen LogP contribution in [0.5, 0.6) is 0 Å². The minimum atomic E-state index is 0. The van der Waals surface area contributed by atoms with Crippen molar-refractivity contribution in [2.75, 3.05) is 31.6 Å². The van der Waals surface area contributed by atoms with Crippen molar-refractivity contribution in [3.8, 4) is 0 Å². The van der Waals surface area contributed by atoms with Gasteiger partial charge < -0.3 is 15.4 Å². The zero-order valence-electron chi connectivity index (χ0n) is 14.9. The Balaban J connectivity index is 0.00000288. The van der Waals surface area contributed by atoms with Crippen LogP contribution in [0.1, 0.15) is 26.7 Å². The number of rotatable bonds is 6. The molecule has 1 aromatic rings. The lowest BCUT2D eigenvalue weighted by atomic mass is 9.99. The molecule has 1 heterocycles. The number of nitrogens with two attached hydrogens (primary N) is 1. The van der Waals surface area contributed by atoms with Crippen molar-refractivity contribution in [1.29, 1.82) is 0 Å². The molecule has 24 heavy (non-hydrogen) atoms. The SMILES string of the molecule is COC1CCN(CC(=O)N(c2ccccc2)C(C)C)C(CN)C1.Cl. The maximum atomic E-state index is 12.9. The van der Waals surface area contributed by atoms with Crippen LogP contribution in [0.15, 0.2) is 30.3 Å². The van der Waals surface area contributed by atoms with E-state index in [0.717, 1.165) is 25.1 Å². The highest BCUT2D eigenvalue weighted by molar-refractivity contribution is 5.95. The largest absolute Gasteiger partial charge is 0.381 e. The lowest BCUT2D eigenvalue weighted by Gasteiger charge is -2.39. The van der Waals surface area contributed by atoms with E-state index in [4.69, 9.17) is 10.5 Å². The summed E-state index contributed by atoms with van der Waals surface area (Å²) in [6.07, 6.45) is 2.10. The smallest absolute Gasteiger partial charge is 0.241 e. The van der Waals surface area contributed by atoms with E-state index in [0.29, 0.717) is 13.1 Å². The molecule has 1 aliphatic heterocycles. The Morgan fingerprint density at radius 1 is 1.38 bits per heavy atom. The number of piperidine rings is 1. The third kappa shape index (κ3) is 5.18. The molecule has 0 spiro atoms. The molecular weight excluding hydrogens is 326 g/mol. The van der Waals surface area contributed by atoms with E-state index in [1.807, 2.05) is 49.1 Å². The van der Waals surface area contributed by atoms with Gasteiger partial charge in [-0.3, -0.25) is 9.69 Å². The first kappa shape index (κ1) is 20.9. The average molecular weight is 356 g/mol. The molecule has 0 radical (unpaired) electrons. The van der Waals surface area contributed by atoms with Crippen LogP contribution in [0.25, 0.3) is 0 Å². The van der Waals surface area contributed by atoms with E-state index < -0.39 is 0 Å². The van der Waals surface area contributed by atoms with Gasteiger partial charge in [-0.2, -0.15) is 0 Å². The Morgan fingerprint density at radius 2 is 2.04 bits per heavy atom. The molecule has 2 unspecified atom stereocenters. The van der Waals surface area contributed by atoms with Gasteiger partial charge >= 0.3 is 0 Å². The molecule has 5 nitrogen and oxygen atoms in total. The fourth-order valence-electron chi connectivity index (χ4n) is 3.30. The monoisotopic (exact) mass is 355 g/mol. The lowest BCUT2D eigenvalue weighted by Crippen LogP contribution is -2.53. The van der Waals surface area contributed by atoms with Crippen molar-refractivity contribution in [2.24, 2.45) is 5.73 Å². The number of likely N-dealkylation sites (tertiary alicyclic amines) is 1. The van der Waals surface area contributed by atoms with Crippen molar-refractivity contribution in [1.82, 2.24) is 4.90 Å². The number of para-hydroxylation sites is 1. The van der Waals surface area contributed by atoms with E-state index >= 15 is 0 Å². The Morgan fingerprint density at radius 3 is 2.58 bits per heavy atom. The summed E-state index contributed by atoms with van der Waals surface area (Å²) in [5.41, 5.74) is 6.86. The second-order valence-electron chi connectivity index (χ2n) is 6.44. The van der Waals surface area contributed by atoms with Gasteiger partial charge in [-0.15, -0.1) is 12.4 Å². The normalized spacial score (nSPS) is 21.4. The molecular formula is C18H30ClN3O2. The van der Waals surface area contributed by atoms with Crippen LogP contribution in [0.4, 0.5) is 5.69 Å². The maximum absolute atomic E-state index is 12.9. The van der Waals surface area contributed by atoms with Crippen LogP contribution < -0.4 is 10.6 Å². The van der Waals surface area contributed by atoms with E-state index in [-0.39, 0.29) is 36.5 Å². The summed E-state index contributed by atoms with van der Waals surface area (Å²) in [5, 5.41) is 0. The highest BCUT2D eigenvalue weighted by atomic mass is 35.5. The number of carbonyl (C=O) groups excluding carboxylic acids is 1. The Kier molecular flexibility index (Phi) is 8.70. The molecule has 2 N–H and O–H groups in total. The van der Waals surface area contributed by atoms with Gasteiger partial charge in [0.25, 0.3) is 0 Å². The number of carbonyl (C=O) groups is 1. The molecule has 0 aromatic heterocycles. The van der Waals surface area contributed by atoms with Crippen LogP contribution in [-0.4, -0.2) is 55.7 Å². The summed E-state index contributed by atoms with van der Waals surface area (Å²) in [6.45, 7) is 5.91. The molecule has 1 saturated heterocycles. The molecule has 2 atom stereocenters. The number of ether oxygens (including phenoxy) is 1. The second kappa shape index (κ2) is 9.99. The number of anilines is 1. The van der Waals surface area contributed by atoms with Crippen molar-refractivity contribution in [3.05, 3.63) is 30.3 Å². The van der Waals surface area contributed by atoms with Crippen molar-refractivity contribution >= 4 is 24.0 Å². The summed E-state index contributed by atoms with van der Waals surface area (Å²) in [6, 6.07) is 10.2. The predicted octanol–water partition coefficient (Wildman–Crippen LogP) is 2.29. The van der Waals surface area contributed by atoms with Crippen LogP contribution in [0.2, 0.25) is 0 Å². The third-order valence-electron chi connectivity index (χ3n) is 4.55. The van der Waals surface area contributed by atoms with Gasteiger partial charge in [-0.25, -0.2) is 0 Å². The van der Waals surface area contributed by atoms with Gasteiger partial charge in [0, 0.05) is 38.0 Å². The van der Waals surface area contributed by atoms with Crippen molar-refractivity contribution < 1.29 is 9.53 Å². The highest BCUT2D eigenvalue weighted by Crippen LogP contribution is 2.21. The molecule has 1 aromatic carbocycles. The number of hydrogen-bond donors (Lipinski definition) is 1. The first-order valence-electron chi connectivity index (χ1n) is 8.40. The second-order valence-corrected chi connectivity index (χ2v) is 6.44. The number of methoxy groups -OCH3 is 1. The molecule has 136 valence electrons. The topological polar surface area (TPSA) is 58.8 Å². The average Bonchev–Trinajstić information content (AvgIpc) is 2.56. The molecule has 0 aliphatic carbocycles. The molecule has 2 rings (SSSR count). The maximum Gasteiger partial charge on any atom is 0.241 e. The number of amides is 1. The Bertz CT molecular complexity index is 498. The molecule has 0 saturated carbocycles. The zero-order valence-corrected chi connectivity index (χ0v) is 15.7. The number of hydrogen-bond acceptors (Lipinski definition) is 4. The summed E-state index contributed by atoms with van der Waals surface area (Å²) in [5.74, 6) is 0.125. The lowest BCUT2D eigenvalue weighted by molar-refractivity contribution is -0.121.